The molecule has 0 spiro atoms. The molecule has 1 aliphatic heterocycles. The van der Waals surface area contributed by atoms with Crippen LogP contribution < -0.4 is 10.2 Å². The van der Waals surface area contributed by atoms with E-state index in [2.05, 4.69) is 35.3 Å². The number of anilines is 2. The van der Waals surface area contributed by atoms with Gasteiger partial charge in [0, 0.05) is 67.5 Å². The van der Waals surface area contributed by atoms with E-state index in [0.717, 1.165) is 43.1 Å². The standard InChI is InChI=1S/C30H32F3N9O5S/c1-48(45,46)23-10-18(11-34-13-23)27-24(30(31,32)33)14-37-28(40-27)39-20-2-4-22(5-3-20)42(29(43)44)26-16-35-25(15-36-26)19-12-38-41(17-19)21-6-8-47-9-7-21/h10-17,20-22H,2-9H2,1H3,(H,43,44)(H,37,39,40). The summed E-state index contributed by atoms with van der Waals surface area (Å²) in [4.78, 5) is 33.9. The van der Waals surface area contributed by atoms with Gasteiger partial charge in [-0.05, 0) is 44.6 Å². The SMILES string of the molecule is CS(=O)(=O)c1cncc(-c2nc(NC3CCC(N(C(=O)O)c4cnc(-c5cnn(C6CCOCC6)c5)cn4)CC3)ncc2C(F)(F)F)c1. The molecule has 0 unspecified atom stereocenters. The van der Waals surface area contributed by atoms with Crippen LogP contribution in [0.15, 0.2) is 54.3 Å². The van der Waals surface area contributed by atoms with Gasteiger partial charge in [-0.25, -0.2) is 28.2 Å². The summed E-state index contributed by atoms with van der Waals surface area (Å²) in [6.07, 6.45) is 7.83. The second kappa shape index (κ2) is 13.4. The second-order valence-corrected chi connectivity index (χ2v) is 13.8. The van der Waals surface area contributed by atoms with Gasteiger partial charge in [-0.2, -0.15) is 18.3 Å². The number of halogens is 3. The first-order valence-corrected chi connectivity index (χ1v) is 17.1. The molecule has 0 aromatic carbocycles. The zero-order chi connectivity index (χ0) is 34.1. The summed E-state index contributed by atoms with van der Waals surface area (Å²) in [6.45, 7) is 1.37. The molecule has 2 N–H and O–H groups in total. The number of rotatable bonds is 8. The number of sulfone groups is 1. The summed E-state index contributed by atoms with van der Waals surface area (Å²) >= 11 is 0. The van der Waals surface area contributed by atoms with Crippen LogP contribution in [0.5, 0.6) is 0 Å². The maximum Gasteiger partial charge on any atom is 0.419 e. The minimum absolute atomic E-state index is 0.0807. The average Bonchev–Trinajstić information content (AvgIpc) is 3.56. The van der Waals surface area contributed by atoms with E-state index in [4.69, 9.17) is 4.74 Å². The van der Waals surface area contributed by atoms with Crippen molar-refractivity contribution in [3.8, 4) is 22.5 Å². The number of hydrogen-bond acceptors (Lipinski definition) is 11. The minimum Gasteiger partial charge on any atom is -0.465 e. The monoisotopic (exact) mass is 687 g/mol. The Bertz CT molecular complexity index is 1880. The van der Waals surface area contributed by atoms with E-state index in [-0.39, 0.29) is 34.3 Å². The molecular weight excluding hydrogens is 655 g/mol. The summed E-state index contributed by atoms with van der Waals surface area (Å²) in [7, 11) is -3.74. The highest BCUT2D eigenvalue weighted by Crippen LogP contribution is 2.37. The van der Waals surface area contributed by atoms with Crippen LogP contribution >= 0.6 is 0 Å². The molecule has 0 radical (unpaired) electrons. The van der Waals surface area contributed by atoms with Gasteiger partial charge in [0.25, 0.3) is 0 Å². The Morgan fingerprint density at radius 3 is 2.38 bits per heavy atom. The van der Waals surface area contributed by atoms with E-state index in [1.54, 1.807) is 6.20 Å². The van der Waals surface area contributed by atoms with Crippen molar-refractivity contribution >= 4 is 27.7 Å². The lowest BCUT2D eigenvalue weighted by molar-refractivity contribution is -0.137. The van der Waals surface area contributed by atoms with Crippen LogP contribution in [0.1, 0.15) is 50.1 Å². The molecule has 0 atom stereocenters. The number of carbonyl (C=O) groups is 1. The van der Waals surface area contributed by atoms with Gasteiger partial charge in [0.05, 0.1) is 40.9 Å². The summed E-state index contributed by atoms with van der Waals surface area (Å²) in [5, 5.41) is 17.6. The van der Waals surface area contributed by atoms with E-state index in [0.29, 0.717) is 50.8 Å². The average molecular weight is 688 g/mol. The number of hydrogen-bond donors (Lipinski definition) is 2. The Balaban J connectivity index is 1.13. The molecule has 1 aliphatic carbocycles. The predicted molar refractivity (Wildman–Crippen MR) is 166 cm³/mol. The summed E-state index contributed by atoms with van der Waals surface area (Å²) in [5.74, 6) is 0.100. The van der Waals surface area contributed by atoms with Crippen LogP contribution in [0.2, 0.25) is 0 Å². The third-order valence-electron chi connectivity index (χ3n) is 8.46. The van der Waals surface area contributed by atoms with Gasteiger partial charge < -0.3 is 15.2 Å². The molecule has 48 heavy (non-hydrogen) atoms. The van der Waals surface area contributed by atoms with Crippen LogP contribution in [0.4, 0.5) is 29.7 Å². The van der Waals surface area contributed by atoms with E-state index in [1.165, 1.54) is 17.3 Å². The Kier molecular flexibility index (Phi) is 9.28. The van der Waals surface area contributed by atoms with Crippen molar-refractivity contribution in [2.75, 3.05) is 29.7 Å². The van der Waals surface area contributed by atoms with Crippen molar-refractivity contribution in [1.29, 1.82) is 0 Å². The maximum absolute atomic E-state index is 13.9. The van der Waals surface area contributed by atoms with Gasteiger partial charge in [0.1, 0.15) is 5.56 Å². The molecule has 2 aliphatic rings. The van der Waals surface area contributed by atoms with Gasteiger partial charge in [-0.3, -0.25) is 19.5 Å². The maximum atomic E-state index is 13.9. The third-order valence-corrected chi connectivity index (χ3v) is 9.54. The fraction of sp³-hybridized carbons (Fsp3) is 0.433. The quantitative estimate of drug-likeness (QED) is 0.257. The van der Waals surface area contributed by atoms with Crippen LogP contribution in [0.3, 0.4) is 0 Å². The zero-order valence-corrected chi connectivity index (χ0v) is 26.5. The van der Waals surface area contributed by atoms with Gasteiger partial charge in [-0.1, -0.05) is 0 Å². The summed E-state index contributed by atoms with van der Waals surface area (Å²) in [6, 6.07) is 0.662. The van der Waals surface area contributed by atoms with Crippen molar-refractivity contribution in [3.63, 3.8) is 0 Å². The van der Waals surface area contributed by atoms with E-state index in [1.807, 2.05) is 10.9 Å². The molecule has 254 valence electrons. The summed E-state index contributed by atoms with van der Waals surface area (Å²) in [5.41, 5.74) is -0.452. The molecule has 0 bridgehead atoms. The Morgan fingerprint density at radius 2 is 1.73 bits per heavy atom. The van der Waals surface area contributed by atoms with E-state index >= 15 is 0 Å². The first-order chi connectivity index (χ1) is 22.9. The molecule has 5 heterocycles. The van der Waals surface area contributed by atoms with E-state index in [9.17, 15) is 31.5 Å². The van der Waals surface area contributed by atoms with E-state index < -0.39 is 39.4 Å². The molecular formula is C30H32F3N9O5S. The van der Waals surface area contributed by atoms with Gasteiger partial charge >= 0.3 is 12.3 Å². The number of pyridine rings is 1. The summed E-state index contributed by atoms with van der Waals surface area (Å²) < 4.78 is 72.9. The molecule has 2 fully saturated rings. The Hall–Kier alpha value is -4.71. The lowest BCUT2D eigenvalue weighted by atomic mass is 9.90. The largest absolute Gasteiger partial charge is 0.465 e. The smallest absolute Gasteiger partial charge is 0.419 e. The third kappa shape index (κ3) is 7.38. The Morgan fingerprint density at radius 1 is 0.979 bits per heavy atom. The number of carboxylic acid groups (broad SMARTS) is 1. The lowest BCUT2D eigenvalue weighted by Gasteiger charge is -2.34. The Labute approximate surface area is 273 Å². The number of nitrogens with zero attached hydrogens (tertiary/aromatic N) is 8. The first kappa shape index (κ1) is 33.2. The highest BCUT2D eigenvalue weighted by atomic mass is 32.2. The number of aromatic nitrogens is 7. The molecule has 1 saturated carbocycles. The molecule has 4 aromatic heterocycles. The van der Waals surface area contributed by atoms with Crippen LogP contribution in [0.25, 0.3) is 22.5 Å². The number of amides is 1. The predicted octanol–water partition coefficient (Wildman–Crippen LogP) is 4.87. The minimum atomic E-state index is -4.80. The van der Waals surface area contributed by atoms with Crippen molar-refractivity contribution in [3.05, 3.63) is 55.0 Å². The van der Waals surface area contributed by atoms with Crippen molar-refractivity contribution in [1.82, 2.24) is 34.7 Å². The van der Waals surface area contributed by atoms with Gasteiger partial charge in [0.2, 0.25) is 5.95 Å². The second-order valence-electron chi connectivity index (χ2n) is 11.7. The fourth-order valence-corrected chi connectivity index (χ4v) is 6.54. The van der Waals surface area contributed by atoms with Gasteiger partial charge in [-0.15, -0.1) is 0 Å². The highest BCUT2D eigenvalue weighted by molar-refractivity contribution is 7.90. The normalized spacial score (nSPS) is 19.2. The topological polar surface area (TPSA) is 178 Å². The molecule has 4 aromatic rings. The molecule has 6 rings (SSSR count). The molecule has 1 amide bonds. The van der Waals surface area contributed by atoms with Crippen LogP contribution in [-0.2, 0) is 20.8 Å². The van der Waals surface area contributed by atoms with Crippen LogP contribution in [0, 0.1) is 0 Å². The number of nitrogens with one attached hydrogen (secondary N) is 1. The molecule has 14 nitrogen and oxygen atoms in total. The number of alkyl halides is 3. The van der Waals surface area contributed by atoms with Gasteiger partial charge in [0.15, 0.2) is 15.7 Å². The van der Waals surface area contributed by atoms with Crippen LogP contribution in [-0.4, -0.2) is 85.9 Å². The lowest BCUT2D eigenvalue weighted by Crippen LogP contribution is -2.44. The van der Waals surface area contributed by atoms with Crippen molar-refractivity contribution in [2.24, 2.45) is 0 Å². The number of ether oxygens (including phenoxy) is 1. The van der Waals surface area contributed by atoms with Crippen molar-refractivity contribution in [2.45, 2.75) is 67.7 Å². The molecule has 1 saturated heterocycles. The highest BCUT2D eigenvalue weighted by Gasteiger charge is 2.36. The molecule has 18 heteroatoms. The van der Waals surface area contributed by atoms with Crippen molar-refractivity contribution < 1.29 is 36.2 Å². The first-order valence-electron chi connectivity index (χ1n) is 15.2. The fourth-order valence-electron chi connectivity index (χ4n) is 5.95. The zero-order valence-electron chi connectivity index (χ0n) is 25.7.